The molecule has 4 aromatic rings. The first kappa shape index (κ1) is 28.0. The predicted octanol–water partition coefficient (Wildman–Crippen LogP) is 4.41. The Morgan fingerprint density at radius 2 is 1.98 bits per heavy atom. The number of hydrogen-bond acceptors (Lipinski definition) is 7. The molecule has 0 aliphatic carbocycles. The zero-order chi connectivity index (χ0) is 29.1. The number of likely N-dealkylation sites (tertiary alicyclic amines) is 1. The number of nitrogen functional groups attached to an aromatic ring is 1. The summed E-state index contributed by atoms with van der Waals surface area (Å²) in [6.45, 7) is 1.62. The van der Waals surface area contributed by atoms with Crippen molar-refractivity contribution >= 4 is 28.3 Å². The lowest BCUT2D eigenvalue weighted by Gasteiger charge is -2.22. The molecule has 3 aromatic heterocycles. The summed E-state index contributed by atoms with van der Waals surface area (Å²) >= 11 is 0. The van der Waals surface area contributed by atoms with Crippen molar-refractivity contribution < 1.29 is 18.0 Å². The smallest absolute Gasteiger partial charge is 0.382 e. The number of halogens is 3. The lowest BCUT2D eigenvalue weighted by molar-refractivity contribution is -0.138. The Morgan fingerprint density at radius 3 is 2.73 bits per heavy atom. The van der Waals surface area contributed by atoms with E-state index in [2.05, 4.69) is 37.0 Å². The molecule has 1 saturated heterocycles. The van der Waals surface area contributed by atoms with Crippen LogP contribution in [-0.2, 0) is 12.7 Å². The molecule has 41 heavy (non-hydrogen) atoms. The van der Waals surface area contributed by atoms with Crippen molar-refractivity contribution in [2.45, 2.75) is 25.2 Å². The zero-order valence-corrected chi connectivity index (χ0v) is 22.5. The van der Waals surface area contributed by atoms with Gasteiger partial charge in [-0.05, 0) is 56.4 Å². The second-order valence-corrected chi connectivity index (χ2v) is 10.1. The minimum absolute atomic E-state index is 0.0436. The average molecular weight is 560 g/mol. The van der Waals surface area contributed by atoms with Gasteiger partial charge in [-0.15, -0.1) is 0 Å². The van der Waals surface area contributed by atoms with E-state index >= 15 is 0 Å². The van der Waals surface area contributed by atoms with E-state index < -0.39 is 17.6 Å². The van der Waals surface area contributed by atoms with Crippen LogP contribution in [0.2, 0.25) is 0 Å². The third-order valence-corrected chi connectivity index (χ3v) is 7.06. The van der Waals surface area contributed by atoms with Crippen LogP contribution in [0.25, 0.3) is 10.9 Å². The maximum atomic E-state index is 14.0. The highest BCUT2D eigenvalue weighted by Crippen LogP contribution is 2.35. The van der Waals surface area contributed by atoms with Gasteiger partial charge >= 0.3 is 6.18 Å². The first-order chi connectivity index (χ1) is 19.6. The van der Waals surface area contributed by atoms with Crippen LogP contribution in [0.4, 0.5) is 24.7 Å². The number of nitrogens with zero attached hydrogens (tertiary/aromatic N) is 5. The molecular weight excluding hydrogens is 531 g/mol. The molecule has 0 saturated carbocycles. The Kier molecular flexibility index (Phi) is 7.88. The number of hydrogen-bond donors (Lipinski definition) is 2. The van der Waals surface area contributed by atoms with Crippen LogP contribution in [0.3, 0.4) is 0 Å². The van der Waals surface area contributed by atoms with Gasteiger partial charge < -0.3 is 16.0 Å². The van der Waals surface area contributed by atoms with Gasteiger partial charge in [0.25, 0.3) is 5.91 Å². The molecule has 1 amide bonds. The fourth-order valence-electron chi connectivity index (χ4n) is 4.84. The Bertz CT molecular complexity index is 1660. The number of nitrogens with one attached hydrogen (secondary N) is 1. The van der Waals surface area contributed by atoms with Crippen molar-refractivity contribution in [3.05, 3.63) is 89.0 Å². The second-order valence-electron chi connectivity index (χ2n) is 10.1. The molecule has 0 spiro atoms. The molecule has 8 nitrogen and oxygen atoms in total. The van der Waals surface area contributed by atoms with Crippen LogP contribution in [0.5, 0.6) is 0 Å². The van der Waals surface area contributed by atoms with Crippen LogP contribution in [0.1, 0.15) is 39.0 Å². The van der Waals surface area contributed by atoms with Crippen LogP contribution >= 0.6 is 0 Å². The minimum Gasteiger partial charge on any atom is -0.382 e. The maximum Gasteiger partial charge on any atom is 0.416 e. The first-order valence-corrected chi connectivity index (χ1v) is 12.9. The molecule has 0 radical (unpaired) electrons. The summed E-state index contributed by atoms with van der Waals surface area (Å²) in [7, 11) is 3.95. The van der Waals surface area contributed by atoms with Crippen LogP contribution in [0.15, 0.2) is 61.2 Å². The van der Waals surface area contributed by atoms with Crippen molar-refractivity contribution in [2.75, 3.05) is 38.2 Å². The van der Waals surface area contributed by atoms with E-state index in [1.54, 1.807) is 18.5 Å². The lowest BCUT2D eigenvalue weighted by Crippen LogP contribution is -2.31. The highest BCUT2D eigenvalue weighted by Gasteiger charge is 2.35. The van der Waals surface area contributed by atoms with Gasteiger partial charge in [-0.25, -0.2) is 4.98 Å². The molecule has 1 atom stereocenters. The second kappa shape index (κ2) is 11.5. The normalized spacial score (nSPS) is 15.6. The summed E-state index contributed by atoms with van der Waals surface area (Å²) in [4.78, 5) is 29.5. The van der Waals surface area contributed by atoms with Gasteiger partial charge in [-0.1, -0.05) is 17.9 Å². The first-order valence-electron chi connectivity index (χ1n) is 12.9. The third kappa shape index (κ3) is 6.45. The average Bonchev–Trinajstić information content (AvgIpc) is 3.42. The summed E-state index contributed by atoms with van der Waals surface area (Å²) < 4.78 is 42.0. The molecule has 3 N–H and O–H groups in total. The summed E-state index contributed by atoms with van der Waals surface area (Å²) in [5.41, 5.74) is 7.09. The van der Waals surface area contributed by atoms with Crippen molar-refractivity contribution in [2.24, 2.45) is 0 Å². The SMILES string of the molecule is CN(C)[C@H]1CCN(Cc2ccc(NC(=O)c3cncc(C#Cc4cnc(N)c5ncccc45)c3)cc2C(F)(F)F)C1. The van der Waals surface area contributed by atoms with E-state index in [0.717, 1.165) is 24.4 Å². The molecule has 1 aromatic carbocycles. The molecule has 1 fully saturated rings. The predicted molar refractivity (Wildman–Crippen MR) is 151 cm³/mol. The molecule has 1 aliphatic heterocycles. The number of likely N-dealkylation sites (N-methyl/N-ethyl adjacent to an activating group) is 1. The largest absolute Gasteiger partial charge is 0.416 e. The fraction of sp³-hybridized carbons (Fsp3) is 0.267. The molecule has 4 heterocycles. The van der Waals surface area contributed by atoms with E-state index in [1.807, 2.05) is 25.1 Å². The van der Waals surface area contributed by atoms with E-state index in [-0.39, 0.29) is 23.4 Å². The molecule has 210 valence electrons. The number of anilines is 2. The Hall–Kier alpha value is -4.53. The third-order valence-electron chi connectivity index (χ3n) is 7.06. The maximum absolute atomic E-state index is 14.0. The van der Waals surface area contributed by atoms with Gasteiger partial charge in [-0.2, -0.15) is 13.2 Å². The van der Waals surface area contributed by atoms with Gasteiger partial charge in [0.05, 0.1) is 16.7 Å². The van der Waals surface area contributed by atoms with Crippen LogP contribution in [0, 0.1) is 11.8 Å². The van der Waals surface area contributed by atoms with Gasteiger partial charge in [0, 0.05) is 67.1 Å². The molecule has 0 bridgehead atoms. The summed E-state index contributed by atoms with van der Waals surface area (Å²) in [5, 5.41) is 3.30. The number of rotatable bonds is 5. The van der Waals surface area contributed by atoms with E-state index in [9.17, 15) is 18.0 Å². The summed E-state index contributed by atoms with van der Waals surface area (Å²) in [6, 6.07) is 9.34. The monoisotopic (exact) mass is 559 g/mol. The zero-order valence-electron chi connectivity index (χ0n) is 22.5. The van der Waals surface area contributed by atoms with E-state index in [0.29, 0.717) is 35.0 Å². The molecule has 5 rings (SSSR count). The Morgan fingerprint density at radius 1 is 1.15 bits per heavy atom. The molecular formula is C30H28F3N7O. The Labute approximate surface area is 235 Å². The number of aromatic nitrogens is 3. The van der Waals surface area contributed by atoms with Crippen molar-refractivity contribution in [1.29, 1.82) is 0 Å². The highest BCUT2D eigenvalue weighted by atomic mass is 19.4. The number of amides is 1. The van der Waals surface area contributed by atoms with Gasteiger partial charge in [0.15, 0.2) is 0 Å². The van der Waals surface area contributed by atoms with Crippen LogP contribution < -0.4 is 11.1 Å². The van der Waals surface area contributed by atoms with Gasteiger partial charge in [0.2, 0.25) is 0 Å². The lowest BCUT2D eigenvalue weighted by atomic mass is 10.0. The number of carbonyl (C=O) groups is 1. The van der Waals surface area contributed by atoms with Crippen molar-refractivity contribution in [3.8, 4) is 11.8 Å². The number of benzene rings is 1. The van der Waals surface area contributed by atoms with Crippen LogP contribution in [-0.4, -0.2) is 63.9 Å². The number of fused-ring (bicyclic) bond motifs is 1. The number of carbonyl (C=O) groups excluding carboxylic acids is 1. The quantitative estimate of drug-likeness (QED) is 0.350. The van der Waals surface area contributed by atoms with E-state index in [4.69, 9.17) is 5.73 Å². The molecule has 1 aliphatic rings. The topological polar surface area (TPSA) is 100 Å². The van der Waals surface area contributed by atoms with Gasteiger partial charge in [-0.3, -0.25) is 19.7 Å². The standard InChI is InChI=1S/C30H28F3N7O/c1-39(2)24-9-11-40(18-24)17-21-7-8-23(13-26(21)30(31,32)33)38-29(41)22-12-19(14-35-15-22)5-6-20-16-37-28(34)27-25(20)4-3-10-36-27/h3-4,7-8,10,12-16,24H,9,11,17-18H2,1-2H3,(H2,34,37)(H,38,41)/t24-/m0/s1. The number of nitrogens with two attached hydrogens (primary N) is 1. The number of alkyl halides is 3. The minimum atomic E-state index is -4.57. The summed E-state index contributed by atoms with van der Waals surface area (Å²) in [6.07, 6.45) is 2.32. The summed E-state index contributed by atoms with van der Waals surface area (Å²) in [5.74, 6) is 5.65. The highest BCUT2D eigenvalue weighted by molar-refractivity contribution is 6.04. The van der Waals surface area contributed by atoms with Gasteiger partial charge in [0.1, 0.15) is 11.3 Å². The van der Waals surface area contributed by atoms with Crippen molar-refractivity contribution in [1.82, 2.24) is 24.8 Å². The Balaban J connectivity index is 1.33. The van der Waals surface area contributed by atoms with Crippen molar-refractivity contribution in [3.63, 3.8) is 0 Å². The van der Waals surface area contributed by atoms with E-state index in [1.165, 1.54) is 30.6 Å². The fourth-order valence-corrected chi connectivity index (χ4v) is 4.84. The number of pyridine rings is 3. The molecule has 0 unspecified atom stereocenters. The molecule has 11 heteroatoms.